The first-order chi connectivity index (χ1) is 12.1. The molecule has 2 aliphatic heterocycles. The maximum atomic E-state index is 10.7. The number of hydrogen-bond donors (Lipinski definition) is 3. The summed E-state index contributed by atoms with van der Waals surface area (Å²) in [5.74, 6) is 1.66. The topological polar surface area (TPSA) is 53.5 Å². The van der Waals surface area contributed by atoms with Crippen LogP contribution in [0.5, 0.6) is 0 Å². The van der Waals surface area contributed by atoms with Crippen LogP contribution in [0.4, 0.5) is 0 Å². The van der Waals surface area contributed by atoms with Crippen molar-refractivity contribution in [1.29, 1.82) is 0 Å². The van der Waals surface area contributed by atoms with Gasteiger partial charge in [0.2, 0.25) is 0 Å². The smallest absolute Gasteiger partial charge is 0.136 e. The van der Waals surface area contributed by atoms with E-state index in [2.05, 4.69) is 30.6 Å². The second-order valence-corrected chi connectivity index (χ2v) is 10.2. The van der Waals surface area contributed by atoms with Crippen LogP contribution in [0.2, 0.25) is 0 Å². The molecule has 0 aromatic rings. The fourth-order valence-corrected chi connectivity index (χ4v) is 6.06. The zero-order valence-electron chi connectivity index (χ0n) is 15.7. The van der Waals surface area contributed by atoms with E-state index in [0.29, 0.717) is 17.3 Å². The molecule has 2 heterocycles. The van der Waals surface area contributed by atoms with Gasteiger partial charge in [0.1, 0.15) is 6.23 Å². The van der Waals surface area contributed by atoms with Crippen LogP contribution < -0.4 is 10.6 Å². The van der Waals surface area contributed by atoms with Gasteiger partial charge in [-0.25, -0.2) is 0 Å². The Hall–Kier alpha value is -0.0700. The molecule has 5 heteroatoms. The normalized spacial score (nSPS) is 40.6. The van der Waals surface area contributed by atoms with Gasteiger partial charge in [-0.05, 0) is 50.5 Å². The van der Waals surface area contributed by atoms with Gasteiger partial charge in [0.05, 0.1) is 0 Å². The summed E-state index contributed by atoms with van der Waals surface area (Å²) in [6, 6.07) is 1.06. The average Bonchev–Trinajstić information content (AvgIpc) is 3.27. The Bertz CT molecular complexity index is 504. The zero-order chi connectivity index (χ0) is 17.4. The molecule has 1 saturated heterocycles. The van der Waals surface area contributed by atoms with Gasteiger partial charge >= 0.3 is 0 Å². The lowest BCUT2D eigenvalue weighted by atomic mass is 9.81. The molecule has 2 saturated carbocycles. The van der Waals surface area contributed by atoms with Gasteiger partial charge < -0.3 is 15.2 Å². The van der Waals surface area contributed by atoms with E-state index in [0.717, 1.165) is 42.8 Å². The Balaban J connectivity index is 1.31. The highest BCUT2D eigenvalue weighted by atomic mass is 32.2. The standard InChI is InChI=1S/C20H34N2O2S/c1-13-20(2,16-10-17(16)21-12-14-4-3-5-14)11-18(25-13)19(23)22-15-6-8-24-9-7-15/h11,13-17,19,21-23H,3-10,12H2,1-2H3/t13?,16-,17-,19?,20?/m1/s1. The van der Waals surface area contributed by atoms with E-state index in [1.807, 2.05) is 11.8 Å². The van der Waals surface area contributed by atoms with Crippen LogP contribution in [0.3, 0.4) is 0 Å². The molecule has 3 unspecified atom stereocenters. The van der Waals surface area contributed by atoms with Gasteiger partial charge in [0.25, 0.3) is 0 Å². The summed E-state index contributed by atoms with van der Waals surface area (Å²) in [6.45, 7) is 7.55. The van der Waals surface area contributed by atoms with Crippen molar-refractivity contribution < 1.29 is 9.84 Å². The zero-order valence-corrected chi connectivity index (χ0v) is 16.5. The monoisotopic (exact) mass is 366 g/mol. The number of ether oxygens (including phenoxy) is 1. The number of aliphatic hydroxyl groups excluding tert-OH is 1. The van der Waals surface area contributed by atoms with E-state index < -0.39 is 6.23 Å². The predicted octanol–water partition coefficient (Wildman–Crippen LogP) is 2.88. The summed E-state index contributed by atoms with van der Waals surface area (Å²) in [7, 11) is 0. The predicted molar refractivity (Wildman–Crippen MR) is 103 cm³/mol. The van der Waals surface area contributed by atoms with E-state index in [4.69, 9.17) is 4.74 Å². The number of hydrogen-bond acceptors (Lipinski definition) is 5. The second kappa shape index (κ2) is 7.51. The SMILES string of the molecule is CC1SC(C(O)NC2CCOCC2)=CC1(C)[C@@H]1C[C@H]1NCC1CCC1. The highest BCUT2D eigenvalue weighted by Crippen LogP contribution is 2.57. The van der Waals surface area contributed by atoms with Crippen LogP contribution in [0, 0.1) is 17.3 Å². The van der Waals surface area contributed by atoms with Gasteiger partial charge in [0, 0.05) is 40.9 Å². The first-order valence-corrected chi connectivity index (χ1v) is 11.1. The third kappa shape index (κ3) is 3.96. The minimum atomic E-state index is -0.516. The Morgan fingerprint density at radius 1 is 1.32 bits per heavy atom. The summed E-state index contributed by atoms with van der Waals surface area (Å²) in [4.78, 5) is 1.13. The molecule has 3 fully saturated rings. The lowest BCUT2D eigenvalue weighted by molar-refractivity contribution is 0.0595. The van der Waals surface area contributed by atoms with Gasteiger partial charge in [0.15, 0.2) is 0 Å². The average molecular weight is 367 g/mol. The van der Waals surface area contributed by atoms with Crippen molar-refractivity contribution in [3.8, 4) is 0 Å². The fourth-order valence-electron chi connectivity index (χ4n) is 4.63. The maximum Gasteiger partial charge on any atom is 0.136 e. The number of aliphatic hydroxyl groups is 1. The molecule has 0 spiro atoms. The first-order valence-electron chi connectivity index (χ1n) is 10.2. The summed E-state index contributed by atoms with van der Waals surface area (Å²) in [5, 5.41) is 18.4. The molecule has 4 nitrogen and oxygen atoms in total. The Labute approximate surface area is 156 Å². The van der Waals surface area contributed by atoms with E-state index in [1.54, 1.807) is 0 Å². The molecule has 0 aromatic carbocycles. The summed E-state index contributed by atoms with van der Waals surface area (Å²) in [6.07, 6.45) is 9.42. The number of rotatable bonds is 7. The molecule has 2 aliphatic carbocycles. The molecule has 25 heavy (non-hydrogen) atoms. The third-order valence-corrected chi connectivity index (χ3v) is 8.48. The van der Waals surface area contributed by atoms with Crippen LogP contribution in [0.1, 0.15) is 52.4 Å². The molecule has 0 amide bonds. The van der Waals surface area contributed by atoms with Crippen LogP contribution in [0.25, 0.3) is 0 Å². The third-order valence-electron chi connectivity index (χ3n) is 7.01. The molecule has 142 valence electrons. The van der Waals surface area contributed by atoms with Gasteiger partial charge in [-0.15, -0.1) is 11.8 Å². The number of thioether (sulfide) groups is 1. The molecule has 3 N–H and O–H groups in total. The molecule has 0 bridgehead atoms. The number of nitrogens with one attached hydrogen (secondary N) is 2. The minimum absolute atomic E-state index is 0.204. The Morgan fingerprint density at radius 3 is 2.76 bits per heavy atom. The quantitative estimate of drug-likeness (QED) is 0.605. The van der Waals surface area contributed by atoms with Gasteiger partial charge in [-0.3, -0.25) is 5.32 Å². The summed E-state index contributed by atoms with van der Waals surface area (Å²) >= 11 is 1.87. The first kappa shape index (κ1) is 18.3. The lowest BCUT2D eigenvalue weighted by Crippen LogP contribution is -2.42. The molecular weight excluding hydrogens is 332 g/mol. The summed E-state index contributed by atoms with van der Waals surface area (Å²) < 4.78 is 5.41. The molecule has 5 atom stereocenters. The van der Waals surface area contributed by atoms with Crippen molar-refractivity contribution in [3.63, 3.8) is 0 Å². The highest BCUT2D eigenvalue weighted by molar-refractivity contribution is 8.04. The minimum Gasteiger partial charge on any atom is -0.381 e. The number of allylic oxidation sites excluding steroid dienone is 1. The maximum absolute atomic E-state index is 10.7. The largest absolute Gasteiger partial charge is 0.381 e. The second-order valence-electron chi connectivity index (χ2n) is 8.78. The summed E-state index contributed by atoms with van der Waals surface area (Å²) in [5.41, 5.74) is 0.204. The van der Waals surface area contributed by atoms with E-state index in [-0.39, 0.29) is 5.41 Å². The Morgan fingerprint density at radius 2 is 2.08 bits per heavy atom. The van der Waals surface area contributed by atoms with Crippen LogP contribution in [-0.4, -0.2) is 48.4 Å². The van der Waals surface area contributed by atoms with Crippen molar-refractivity contribution in [1.82, 2.24) is 10.6 Å². The molecule has 4 aliphatic rings. The van der Waals surface area contributed by atoms with E-state index >= 15 is 0 Å². The Kier molecular flexibility index (Phi) is 5.50. The van der Waals surface area contributed by atoms with Crippen LogP contribution in [0.15, 0.2) is 11.0 Å². The fraction of sp³-hybridized carbons (Fsp3) is 0.900. The lowest BCUT2D eigenvalue weighted by Gasteiger charge is -2.29. The van der Waals surface area contributed by atoms with Crippen LogP contribution in [-0.2, 0) is 4.74 Å². The van der Waals surface area contributed by atoms with Crippen molar-refractivity contribution in [2.75, 3.05) is 19.8 Å². The molecule has 0 aromatic heterocycles. The molecule has 0 radical (unpaired) electrons. The van der Waals surface area contributed by atoms with E-state index in [1.165, 1.54) is 32.2 Å². The van der Waals surface area contributed by atoms with Gasteiger partial charge in [-0.1, -0.05) is 26.3 Å². The molecule has 4 rings (SSSR count). The van der Waals surface area contributed by atoms with Crippen LogP contribution >= 0.6 is 11.8 Å². The van der Waals surface area contributed by atoms with Crippen molar-refractivity contribution in [2.45, 2.75) is 75.9 Å². The van der Waals surface area contributed by atoms with Crippen molar-refractivity contribution in [3.05, 3.63) is 11.0 Å². The van der Waals surface area contributed by atoms with Crippen molar-refractivity contribution in [2.24, 2.45) is 17.3 Å². The highest BCUT2D eigenvalue weighted by Gasteiger charge is 2.54. The molecular formula is C20H34N2O2S. The van der Waals surface area contributed by atoms with Crippen molar-refractivity contribution >= 4 is 11.8 Å². The van der Waals surface area contributed by atoms with Gasteiger partial charge in [-0.2, -0.15) is 0 Å². The van der Waals surface area contributed by atoms with E-state index in [9.17, 15) is 5.11 Å².